The molecule has 1 heterocycles. The number of carbonyl (C=O) groups excluding carboxylic acids is 1. The highest BCUT2D eigenvalue weighted by molar-refractivity contribution is 6.35. The Bertz CT molecular complexity index is 800. The maximum Gasteiger partial charge on any atom is 0.253 e. The molecule has 1 saturated carbocycles. The van der Waals surface area contributed by atoms with E-state index in [0.29, 0.717) is 34.6 Å². The molecule has 0 radical (unpaired) electrons. The van der Waals surface area contributed by atoms with Crippen molar-refractivity contribution >= 4 is 29.1 Å². The topological polar surface area (TPSA) is 64.0 Å². The van der Waals surface area contributed by atoms with Crippen LogP contribution in [0.2, 0.25) is 10.0 Å². The van der Waals surface area contributed by atoms with Crippen molar-refractivity contribution < 1.29 is 4.79 Å². The average Bonchev–Trinajstić information content (AvgIpc) is 3.36. The van der Waals surface area contributed by atoms with Gasteiger partial charge in [0.1, 0.15) is 0 Å². The molecule has 0 bridgehead atoms. The van der Waals surface area contributed by atoms with E-state index in [4.69, 9.17) is 23.2 Å². The van der Waals surface area contributed by atoms with E-state index in [-0.39, 0.29) is 11.5 Å². The standard InChI is InChI=1S/C16H15Cl2N3O2/c17-11-3-4-13(18)12(7-11)16(23)19-5-6-21-9-20-14(8-15(21)22)10-1-2-10/h3-4,7-10H,1-2,5-6H2,(H,19,23). The largest absolute Gasteiger partial charge is 0.350 e. The molecule has 1 aliphatic rings. The maximum absolute atomic E-state index is 12.1. The lowest BCUT2D eigenvalue weighted by molar-refractivity contribution is 0.0952. The second-order valence-corrected chi connectivity index (χ2v) is 6.34. The third-order valence-electron chi connectivity index (χ3n) is 3.71. The zero-order valence-corrected chi connectivity index (χ0v) is 13.8. The number of hydrogen-bond acceptors (Lipinski definition) is 3. The van der Waals surface area contributed by atoms with Crippen molar-refractivity contribution in [2.24, 2.45) is 0 Å². The van der Waals surface area contributed by atoms with E-state index < -0.39 is 0 Å². The van der Waals surface area contributed by atoms with Crippen LogP contribution in [0, 0.1) is 0 Å². The van der Waals surface area contributed by atoms with E-state index in [1.165, 1.54) is 17.0 Å². The van der Waals surface area contributed by atoms with Gasteiger partial charge >= 0.3 is 0 Å². The Labute approximate surface area is 143 Å². The molecule has 0 aliphatic heterocycles. The van der Waals surface area contributed by atoms with Crippen molar-refractivity contribution in [3.63, 3.8) is 0 Å². The Kier molecular flexibility index (Phi) is 4.68. The number of carbonyl (C=O) groups is 1. The minimum atomic E-state index is -0.326. The second kappa shape index (κ2) is 6.72. The summed E-state index contributed by atoms with van der Waals surface area (Å²) < 4.78 is 1.48. The minimum absolute atomic E-state index is 0.100. The average molecular weight is 352 g/mol. The smallest absolute Gasteiger partial charge is 0.253 e. The molecule has 1 aromatic heterocycles. The summed E-state index contributed by atoms with van der Waals surface area (Å²) >= 11 is 11.8. The lowest BCUT2D eigenvalue weighted by Crippen LogP contribution is -2.31. The predicted molar refractivity (Wildman–Crippen MR) is 89.3 cm³/mol. The number of nitrogens with zero attached hydrogens (tertiary/aromatic N) is 2. The molecule has 7 heteroatoms. The fourth-order valence-electron chi connectivity index (χ4n) is 2.27. The van der Waals surface area contributed by atoms with Gasteiger partial charge in [0, 0.05) is 30.1 Å². The number of hydrogen-bond donors (Lipinski definition) is 1. The first-order valence-electron chi connectivity index (χ1n) is 7.34. The first-order chi connectivity index (χ1) is 11.0. The second-order valence-electron chi connectivity index (χ2n) is 5.50. The Hall–Kier alpha value is -1.85. The Morgan fingerprint density at radius 3 is 2.78 bits per heavy atom. The highest BCUT2D eigenvalue weighted by Crippen LogP contribution is 2.38. The SMILES string of the molecule is O=C(NCCn1cnc(C2CC2)cc1=O)c1cc(Cl)ccc1Cl. The maximum atomic E-state index is 12.1. The van der Waals surface area contributed by atoms with E-state index in [1.54, 1.807) is 18.2 Å². The van der Waals surface area contributed by atoms with Crippen LogP contribution in [0.1, 0.15) is 34.8 Å². The molecular formula is C16H15Cl2N3O2. The molecule has 120 valence electrons. The lowest BCUT2D eigenvalue weighted by atomic mass is 10.2. The van der Waals surface area contributed by atoms with Crippen molar-refractivity contribution in [2.75, 3.05) is 6.54 Å². The van der Waals surface area contributed by atoms with Crippen LogP contribution in [0.3, 0.4) is 0 Å². The third kappa shape index (κ3) is 3.92. The normalized spacial score (nSPS) is 13.8. The molecule has 0 unspecified atom stereocenters. The van der Waals surface area contributed by atoms with Crippen LogP contribution >= 0.6 is 23.2 Å². The summed E-state index contributed by atoms with van der Waals surface area (Å²) in [5.74, 6) is 0.120. The van der Waals surface area contributed by atoms with Crippen LogP contribution in [0.5, 0.6) is 0 Å². The molecule has 3 rings (SSSR count). The van der Waals surface area contributed by atoms with E-state index >= 15 is 0 Å². The summed E-state index contributed by atoms with van der Waals surface area (Å²) in [4.78, 5) is 28.4. The summed E-state index contributed by atoms with van der Waals surface area (Å²) in [6.45, 7) is 0.646. The van der Waals surface area contributed by atoms with Crippen molar-refractivity contribution in [1.29, 1.82) is 0 Å². The number of benzene rings is 1. The Morgan fingerprint density at radius 1 is 1.30 bits per heavy atom. The van der Waals surface area contributed by atoms with Crippen molar-refractivity contribution in [3.05, 3.63) is 62.2 Å². The number of aromatic nitrogens is 2. The fourth-order valence-corrected chi connectivity index (χ4v) is 2.64. The first-order valence-corrected chi connectivity index (χ1v) is 8.10. The van der Waals surface area contributed by atoms with Crippen LogP contribution in [-0.4, -0.2) is 22.0 Å². The number of amides is 1. The van der Waals surface area contributed by atoms with Gasteiger partial charge in [-0.2, -0.15) is 0 Å². The molecule has 1 N–H and O–H groups in total. The van der Waals surface area contributed by atoms with E-state index in [9.17, 15) is 9.59 Å². The molecule has 0 spiro atoms. The number of rotatable bonds is 5. The molecule has 2 aromatic rings. The Balaban J connectivity index is 1.59. The molecule has 23 heavy (non-hydrogen) atoms. The van der Waals surface area contributed by atoms with Gasteiger partial charge in [-0.15, -0.1) is 0 Å². The van der Waals surface area contributed by atoms with Crippen LogP contribution < -0.4 is 10.9 Å². The van der Waals surface area contributed by atoms with Gasteiger partial charge in [-0.3, -0.25) is 14.2 Å². The molecule has 1 aliphatic carbocycles. The van der Waals surface area contributed by atoms with Crippen LogP contribution in [0.15, 0.2) is 35.4 Å². The van der Waals surface area contributed by atoms with Gasteiger partial charge in [-0.05, 0) is 31.0 Å². The van der Waals surface area contributed by atoms with Crippen molar-refractivity contribution in [1.82, 2.24) is 14.9 Å². The highest BCUT2D eigenvalue weighted by atomic mass is 35.5. The van der Waals surface area contributed by atoms with E-state index in [0.717, 1.165) is 18.5 Å². The van der Waals surface area contributed by atoms with Gasteiger partial charge < -0.3 is 5.32 Å². The van der Waals surface area contributed by atoms with Gasteiger partial charge in [0.2, 0.25) is 0 Å². The molecule has 1 aromatic carbocycles. The molecule has 1 amide bonds. The molecule has 5 nitrogen and oxygen atoms in total. The van der Waals surface area contributed by atoms with Crippen LogP contribution in [0.4, 0.5) is 0 Å². The summed E-state index contributed by atoms with van der Waals surface area (Å²) in [6.07, 6.45) is 3.74. The van der Waals surface area contributed by atoms with Gasteiger partial charge in [0.05, 0.1) is 22.6 Å². The quantitative estimate of drug-likeness (QED) is 0.900. The number of nitrogens with one attached hydrogen (secondary N) is 1. The monoisotopic (exact) mass is 351 g/mol. The van der Waals surface area contributed by atoms with Crippen molar-refractivity contribution in [2.45, 2.75) is 25.3 Å². The number of halogens is 2. The van der Waals surface area contributed by atoms with Crippen LogP contribution in [-0.2, 0) is 6.54 Å². The molecular weight excluding hydrogens is 337 g/mol. The molecule has 0 atom stereocenters. The predicted octanol–water partition coefficient (Wildman–Crippen LogP) is 2.86. The van der Waals surface area contributed by atoms with E-state index in [1.807, 2.05) is 0 Å². The van der Waals surface area contributed by atoms with Gasteiger partial charge in [0.25, 0.3) is 11.5 Å². The molecule has 1 fully saturated rings. The molecule has 0 saturated heterocycles. The fraction of sp³-hybridized carbons (Fsp3) is 0.312. The van der Waals surface area contributed by atoms with Crippen LogP contribution in [0.25, 0.3) is 0 Å². The summed E-state index contributed by atoms with van der Waals surface area (Å²) in [7, 11) is 0. The lowest BCUT2D eigenvalue weighted by Gasteiger charge is -2.09. The summed E-state index contributed by atoms with van der Waals surface area (Å²) in [5.41, 5.74) is 1.08. The summed E-state index contributed by atoms with van der Waals surface area (Å²) in [5, 5.41) is 3.50. The third-order valence-corrected chi connectivity index (χ3v) is 4.27. The highest BCUT2D eigenvalue weighted by Gasteiger charge is 2.25. The Morgan fingerprint density at radius 2 is 2.09 bits per heavy atom. The van der Waals surface area contributed by atoms with E-state index in [2.05, 4.69) is 10.3 Å². The zero-order valence-electron chi connectivity index (χ0n) is 12.3. The summed E-state index contributed by atoms with van der Waals surface area (Å²) in [6, 6.07) is 6.28. The van der Waals surface area contributed by atoms with Gasteiger partial charge in [-0.25, -0.2) is 4.98 Å². The minimum Gasteiger partial charge on any atom is -0.350 e. The first kappa shape index (κ1) is 16.0. The van der Waals surface area contributed by atoms with Crippen molar-refractivity contribution in [3.8, 4) is 0 Å². The van der Waals surface area contributed by atoms with Gasteiger partial charge in [0.15, 0.2) is 0 Å². The van der Waals surface area contributed by atoms with Gasteiger partial charge in [-0.1, -0.05) is 23.2 Å². The zero-order chi connectivity index (χ0) is 16.4.